The fourth-order valence-corrected chi connectivity index (χ4v) is 10.7. The molecule has 256 valence electrons. The number of Topliss-reactive ketones (excluding diaryl/α,β-unsaturated/α-hetero) is 1. The lowest BCUT2D eigenvalue weighted by Gasteiger charge is -2.56. The van der Waals surface area contributed by atoms with Crippen LogP contribution in [-0.4, -0.2) is 71.2 Å². The number of carbonyl (C=O) groups is 5. The lowest BCUT2D eigenvalue weighted by atomic mass is 9.53. The predicted molar refractivity (Wildman–Crippen MR) is 177 cm³/mol. The molecule has 1 aliphatic heterocycles. The molecule has 5 atom stereocenters. The number of fused-ring (bicyclic) bond motifs is 1. The van der Waals surface area contributed by atoms with E-state index in [0.29, 0.717) is 30.7 Å². The van der Waals surface area contributed by atoms with Gasteiger partial charge in [0.25, 0.3) is 5.91 Å². The van der Waals surface area contributed by atoms with Gasteiger partial charge in [-0.05, 0) is 105 Å². The van der Waals surface area contributed by atoms with Gasteiger partial charge < -0.3 is 26.2 Å². The minimum absolute atomic E-state index is 0.00576. The molecule has 6 aliphatic carbocycles. The minimum atomic E-state index is -1.07. The van der Waals surface area contributed by atoms with Crippen LogP contribution in [-0.2, 0) is 19.2 Å². The molecule has 10 nitrogen and oxygen atoms in total. The largest absolute Gasteiger partial charge is 0.344 e. The second-order valence-electron chi connectivity index (χ2n) is 16.2. The van der Waals surface area contributed by atoms with Crippen LogP contribution in [0.5, 0.6) is 0 Å². The van der Waals surface area contributed by atoms with Gasteiger partial charge in [0.2, 0.25) is 17.6 Å². The molecule has 7 rings (SSSR count). The van der Waals surface area contributed by atoms with Gasteiger partial charge in [-0.15, -0.1) is 13.0 Å². The van der Waals surface area contributed by atoms with Crippen molar-refractivity contribution in [3.05, 3.63) is 12.7 Å². The summed E-state index contributed by atoms with van der Waals surface area (Å²) in [6.45, 7) is 8.25. The molecule has 4 N–H and O–H groups in total. The fraction of sp³-hybridized carbons (Fsp3) is 0.757. The predicted octanol–water partition coefficient (Wildman–Crippen LogP) is 3.46. The van der Waals surface area contributed by atoms with E-state index < -0.39 is 35.7 Å². The summed E-state index contributed by atoms with van der Waals surface area (Å²) >= 11 is 0. The summed E-state index contributed by atoms with van der Waals surface area (Å²) in [6, 6.07) is -2.87. The van der Waals surface area contributed by atoms with Crippen LogP contribution in [0.4, 0.5) is 4.79 Å². The van der Waals surface area contributed by atoms with Crippen LogP contribution in [0.2, 0.25) is 0 Å². The van der Waals surface area contributed by atoms with Crippen molar-refractivity contribution in [3.8, 4) is 12.3 Å². The highest BCUT2D eigenvalue weighted by Crippen LogP contribution is 2.65. The number of urea groups is 1. The third-order valence-electron chi connectivity index (χ3n) is 12.7. The Bertz CT molecular complexity index is 1290. The number of terminal acetylenes is 1. The Hall–Kier alpha value is -3.35. The lowest BCUT2D eigenvalue weighted by molar-refractivity contribution is -0.144. The summed E-state index contributed by atoms with van der Waals surface area (Å²) in [4.78, 5) is 69.7. The second-order valence-corrected chi connectivity index (χ2v) is 16.2. The maximum absolute atomic E-state index is 14.6. The number of hydrogen-bond donors (Lipinski definition) is 4. The molecular formula is C37H53N5O5. The second kappa shape index (κ2) is 13.3. The fourth-order valence-electron chi connectivity index (χ4n) is 10.7. The number of allylic oxidation sites excluding steroid dienone is 1. The monoisotopic (exact) mass is 647 g/mol. The van der Waals surface area contributed by atoms with Crippen LogP contribution >= 0.6 is 0 Å². The summed E-state index contributed by atoms with van der Waals surface area (Å²) in [6.07, 6.45) is 19.2. The van der Waals surface area contributed by atoms with Crippen LogP contribution in [0.3, 0.4) is 0 Å². The standard InChI is InChI=1S/C37H53N5O5/c1-5-7-13-27(31(43)33(45)38-14-6-2)39-32(44)30-28-26(36(28,3)4)21-42(30)34(46)29(25-11-9-8-10-12-25)40-35(47)41-37-18-22-15-23(19-37)17-24(16-22)20-37/h2,5,22-30H,1,7-21H2,3-4H3,(H,38,45)(H,39,44)(H2,40,41,47)/t22?,23?,24?,26-,27?,28-,29-,30-,37?/m0/s1. The van der Waals surface area contributed by atoms with E-state index in [1.54, 1.807) is 11.0 Å². The Labute approximate surface area is 279 Å². The Morgan fingerprint density at radius 3 is 2.21 bits per heavy atom. The van der Waals surface area contributed by atoms with Crippen molar-refractivity contribution >= 4 is 29.5 Å². The molecule has 0 spiro atoms. The van der Waals surface area contributed by atoms with Crippen molar-refractivity contribution < 1.29 is 24.0 Å². The zero-order chi connectivity index (χ0) is 33.5. The highest BCUT2D eigenvalue weighted by atomic mass is 16.2. The van der Waals surface area contributed by atoms with E-state index >= 15 is 0 Å². The van der Waals surface area contributed by atoms with Crippen molar-refractivity contribution in [2.75, 3.05) is 13.1 Å². The van der Waals surface area contributed by atoms with Gasteiger partial charge >= 0.3 is 6.03 Å². The number of likely N-dealkylation sites (tertiary alicyclic amines) is 1. The maximum Gasteiger partial charge on any atom is 0.315 e. The number of ketones is 1. The molecule has 0 radical (unpaired) electrons. The van der Waals surface area contributed by atoms with Crippen molar-refractivity contribution in [2.24, 2.45) is 40.9 Å². The van der Waals surface area contributed by atoms with Crippen molar-refractivity contribution in [3.63, 3.8) is 0 Å². The molecule has 7 fully saturated rings. The van der Waals surface area contributed by atoms with Gasteiger partial charge in [-0.1, -0.05) is 45.1 Å². The molecule has 1 heterocycles. The van der Waals surface area contributed by atoms with Crippen LogP contribution in [0.1, 0.15) is 97.3 Å². The molecule has 10 heteroatoms. The average Bonchev–Trinajstić information content (AvgIpc) is 3.34. The highest BCUT2D eigenvalue weighted by Gasteiger charge is 2.70. The molecule has 0 aromatic carbocycles. The summed E-state index contributed by atoms with van der Waals surface area (Å²) in [7, 11) is 0. The van der Waals surface area contributed by atoms with Gasteiger partial charge in [-0.3, -0.25) is 19.2 Å². The van der Waals surface area contributed by atoms with E-state index in [1.165, 1.54) is 19.3 Å². The first kappa shape index (κ1) is 33.5. The van der Waals surface area contributed by atoms with Gasteiger partial charge in [-0.25, -0.2) is 4.79 Å². The van der Waals surface area contributed by atoms with E-state index in [-0.39, 0.29) is 53.6 Å². The average molecular weight is 648 g/mol. The summed E-state index contributed by atoms with van der Waals surface area (Å²) in [5.41, 5.74) is -0.326. The number of nitrogens with one attached hydrogen (secondary N) is 4. The molecule has 5 amide bonds. The Balaban J connectivity index is 1.19. The van der Waals surface area contributed by atoms with Crippen molar-refractivity contribution in [2.45, 2.75) is 121 Å². The van der Waals surface area contributed by atoms with Crippen LogP contribution in [0.25, 0.3) is 0 Å². The number of hydrogen-bond acceptors (Lipinski definition) is 5. The van der Waals surface area contributed by atoms with Crippen LogP contribution in [0, 0.1) is 53.3 Å². The lowest BCUT2D eigenvalue weighted by Crippen LogP contribution is -2.64. The van der Waals surface area contributed by atoms with Crippen molar-refractivity contribution in [1.82, 2.24) is 26.2 Å². The summed E-state index contributed by atoms with van der Waals surface area (Å²) in [5.74, 6) is 2.09. The molecular weight excluding hydrogens is 594 g/mol. The van der Waals surface area contributed by atoms with E-state index in [2.05, 4.69) is 47.6 Å². The zero-order valence-corrected chi connectivity index (χ0v) is 28.2. The number of nitrogens with zero attached hydrogens (tertiary/aromatic N) is 1. The third kappa shape index (κ3) is 6.69. The smallest absolute Gasteiger partial charge is 0.315 e. The van der Waals surface area contributed by atoms with Gasteiger partial charge in [-0.2, -0.15) is 0 Å². The Kier molecular flexibility index (Phi) is 9.48. The van der Waals surface area contributed by atoms with Gasteiger partial charge in [0.1, 0.15) is 12.1 Å². The van der Waals surface area contributed by atoms with E-state index in [1.807, 2.05) is 0 Å². The first-order valence-corrected chi connectivity index (χ1v) is 18.0. The zero-order valence-electron chi connectivity index (χ0n) is 28.2. The number of rotatable bonds is 12. The quantitative estimate of drug-likeness (QED) is 0.146. The molecule has 4 bridgehead atoms. The molecule has 1 saturated heterocycles. The molecule has 7 aliphatic rings. The topological polar surface area (TPSA) is 137 Å². The van der Waals surface area contributed by atoms with Gasteiger partial charge in [0, 0.05) is 12.1 Å². The summed E-state index contributed by atoms with van der Waals surface area (Å²) < 4.78 is 0. The number of amides is 5. The van der Waals surface area contributed by atoms with Gasteiger partial charge in [0.05, 0.1) is 12.6 Å². The molecule has 47 heavy (non-hydrogen) atoms. The van der Waals surface area contributed by atoms with E-state index in [9.17, 15) is 24.0 Å². The SMILES string of the molecule is C#CCNC(=O)C(=O)C(CCC=C)NC(=O)[C@@H]1[C@@H]2[C@H](CN1C(=O)[C@@H](NC(=O)NC13CC4CC(CC(C4)C1)C3)C1CCCCC1)C2(C)C. The normalized spacial score (nSPS) is 34.3. The minimum Gasteiger partial charge on any atom is -0.344 e. The van der Waals surface area contributed by atoms with Crippen molar-refractivity contribution in [1.29, 1.82) is 0 Å². The van der Waals surface area contributed by atoms with Gasteiger partial charge in [0.15, 0.2) is 0 Å². The molecule has 6 saturated carbocycles. The van der Waals surface area contributed by atoms with E-state index in [0.717, 1.165) is 51.4 Å². The molecule has 1 unspecified atom stereocenters. The summed E-state index contributed by atoms with van der Waals surface area (Å²) in [5, 5.41) is 11.8. The van der Waals surface area contributed by atoms with E-state index in [4.69, 9.17) is 6.42 Å². The first-order chi connectivity index (χ1) is 22.5. The Morgan fingerprint density at radius 2 is 1.62 bits per heavy atom. The maximum atomic E-state index is 14.6. The molecule has 0 aromatic rings. The Morgan fingerprint density at radius 1 is 0.979 bits per heavy atom. The van der Waals surface area contributed by atoms with Crippen LogP contribution < -0.4 is 21.3 Å². The van der Waals surface area contributed by atoms with Crippen LogP contribution in [0.15, 0.2) is 12.7 Å². The number of carbonyl (C=O) groups excluding carboxylic acids is 5. The highest BCUT2D eigenvalue weighted by molar-refractivity contribution is 6.38. The third-order valence-corrected chi connectivity index (χ3v) is 12.7. The molecule has 0 aromatic heterocycles. The number of piperidine rings is 1. The first-order valence-electron chi connectivity index (χ1n) is 18.0.